The summed E-state index contributed by atoms with van der Waals surface area (Å²) in [4.78, 5) is 0. The van der Waals surface area contributed by atoms with E-state index in [1.54, 1.807) is 26.8 Å². The van der Waals surface area contributed by atoms with E-state index < -0.39 is 14.8 Å². The molecule has 5 heteroatoms. The highest BCUT2D eigenvalue weighted by molar-refractivity contribution is 9.09. The van der Waals surface area contributed by atoms with Crippen LogP contribution in [0.15, 0.2) is 24.3 Å². The molecule has 1 aromatic rings. The van der Waals surface area contributed by atoms with E-state index in [0.29, 0.717) is 5.69 Å². The van der Waals surface area contributed by atoms with Crippen LogP contribution in [0, 0.1) is 0 Å². The van der Waals surface area contributed by atoms with Crippen molar-refractivity contribution in [1.82, 2.24) is 0 Å². The number of rotatable bonds is 5. The van der Waals surface area contributed by atoms with Crippen molar-refractivity contribution in [2.45, 2.75) is 38.4 Å². The number of sulfonamides is 1. The molecular formula is C13H20BrNO2S. The summed E-state index contributed by atoms with van der Waals surface area (Å²) >= 11 is 3.39. The van der Waals surface area contributed by atoms with E-state index in [1.165, 1.54) is 0 Å². The lowest BCUT2D eigenvalue weighted by Gasteiger charge is -2.20. The van der Waals surface area contributed by atoms with E-state index in [0.717, 1.165) is 23.7 Å². The number of hydrogen-bond acceptors (Lipinski definition) is 2. The Morgan fingerprint density at radius 1 is 1.28 bits per heavy atom. The maximum absolute atomic E-state index is 12.0. The fourth-order valence-electron chi connectivity index (χ4n) is 1.37. The van der Waals surface area contributed by atoms with Gasteiger partial charge in [-0.2, -0.15) is 0 Å². The Kier molecular flexibility index (Phi) is 5.22. The molecule has 0 atom stereocenters. The predicted octanol–water partition coefficient (Wildman–Crippen LogP) is 3.55. The zero-order chi connectivity index (χ0) is 13.8. The van der Waals surface area contributed by atoms with Crippen LogP contribution in [0.25, 0.3) is 0 Å². The molecule has 0 saturated carbocycles. The SMILES string of the molecule is CC(C)(C)S(=O)(=O)Nc1cccc(CCCBr)c1. The van der Waals surface area contributed by atoms with Gasteiger partial charge in [0, 0.05) is 11.0 Å². The summed E-state index contributed by atoms with van der Waals surface area (Å²) in [6, 6.07) is 7.56. The zero-order valence-electron chi connectivity index (χ0n) is 11.0. The average molecular weight is 334 g/mol. The Morgan fingerprint density at radius 3 is 2.50 bits per heavy atom. The van der Waals surface area contributed by atoms with E-state index in [2.05, 4.69) is 20.7 Å². The van der Waals surface area contributed by atoms with E-state index in [1.807, 2.05) is 18.2 Å². The van der Waals surface area contributed by atoms with Crippen LogP contribution >= 0.6 is 15.9 Å². The molecule has 0 saturated heterocycles. The van der Waals surface area contributed by atoms with Gasteiger partial charge in [0.05, 0.1) is 4.75 Å². The number of anilines is 1. The van der Waals surface area contributed by atoms with Crippen LogP contribution in [0.5, 0.6) is 0 Å². The number of nitrogens with one attached hydrogen (secondary N) is 1. The van der Waals surface area contributed by atoms with Gasteiger partial charge in [0.1, 0.15) is 0 Å². The summed E-state index contributed by atoms with van der Waals surface area (Å²) in [7, 11) is -3.35. The van der Waals surface area contributed by atoms with Crippen LogP contribution in [0.2, 0.25) is 0 Å². The van der Waals surface area contributed by atoms with E-state index in [-0.39, 0.29) is 0 Å². The highest BCUT2D eigenvalue weighted by atomic mass is 79.9. The fourth-order valence-corrected chi connectivity index (χ4v) is 2.39. The third kappa shape index (κ3) is 4.28. The Hall–Kier alpha value is -0.550. The minimum Gasteiger partial charge on any atom is -0.283 e. The first-order valence-corrected chi connectivity index (χ1v) is 8.54. The minimum absolute atomic E-state index is 0.636. The molecule has 0 aliphatic heterocycles. The van der Waals surface area contributed by atoms with Crippen LogP contribution in [-0.4, -0.2) is 18.5 Å². The smallest absolute Gasteiger partial charge is 0.237 e. The van der Waals surface area contributed by atoms with Crippen LogP contribution in [-0.2, 0) is 16.4 Å². The van der Waals surface area contributed by atoms with Gasteiger partial charge in [0.15, 0.2) is 0 Å². The van der Waals surface area contributed by atoms with Crippen molar-refractivity contribution in [1.29, 1.82) is 0 Å². The molecule has 0 bridgehead atoms. The summed E-state index contributed by atoms with van der Waals surface area (Å²) in [5.74, 6) is 0. The van der Waals surface area contributed by atoms with Gasteiger partial charge in [0.25, 0.3) is 0 Å². The van der Waals surface area contributed by atoms with Crippen molar-refractivity contribution in [2.75, 3.05) is 10.1 Å². The molecule has 0 aliphatic carbocycles. The molecule has 0 aromatic heterocycles. The number of alkyl halides is 1. The Balaban J connectivity index is 2.86. The third-order valence-electron chi connectivity index (χ3n) is 2.58. The molecule has 18 heavy (non-hydrogen) atoms. The van der Waals surface area contributed by atoms with Gasteiger partial charge in [-0.25, -0.2) is 8.42 Å². The van der Waals surface area contributed by atoms with Gasteiger partial charge < -0.3 is 0 Å². The second kappa shape index (κ2) is 6.06. The molecule has 0 spiro atoms. The molecule has 0 amide bonds. The molecular weight excluding hydrogens is 314 g/mol. The summed E-state index contributed by atoms with van der Waals surface area (Å²) in [5.41, 5.74) is 1.78. The maximum atomic E-state index is 12.0. The quantitative estimate of drug-likeness (QED) is 0.837. The van der Waals surface area contributed by atoms with Crippen molar-refractivity contribution in [3.05, 3.63) is 29.8 Å². The Bertz CT molecular complexity index is 492. The summed E-state index contributed by atoms with van der Waals surface area (Å²) in [6.45, 7) is 5.05. The topological polar surface area (TPSA) is 46.2 Å². The van der Waals surface area contributed by atoms with Crippen LogP contribution in [0.3, 0.4) is 0 Å². The van der Waals surface area contributed by atoms with Crippen molar-refractivity contribution >= 4 is 31.6 Å². The van der Waals surface area contributed by atoms with Gasteiger partial charge in [-0.15, -0.1) is 0 Å². The Morgan fingerprint density at radius 2 is 1.94 bits per heavy atom. The largest absolute Gasteiger partial charge is 0.283 e. The van der Waals surface area contributed by atoms with Gasteiger partial charge in [0.2, 0.25) is 10.0 Å². The second-order valence-electron chi connectivity index (χ2n) is 5.21. The minimum atomic E-state index is -3.35. The normalized spacial score (nSPS) is 12.4. The zero-order valence-corrected chi connectivity index (χ0v) is 13.4. The second-order valence-corrected chi connectivity index (χ2v) is 8.44. The number of hydrogen-bond donors (Lipinski definition) is 1. The van der Waals surface area contributed by atoms with Crippen molar-refractivity contribution < 1.29 is 8.42 Å². The highest BCUT2D eigenvalue weighted by Crippen LogP contribution is 2.20. The summed E-state index contributed by atoms with van der Waals surface area (Å²) in [5, 5.41) is 0.949. The standard InChI is InChI=1S/C13H20BrNO2S/c1-13(2,3)18(16,17)15-12-8-4-6-11(10-12)7-5-9-14/h4,6,8,10,15H,5,7,9H2,1-3H3. The van der Waals surface area contributed by atoms with Gasteiger partial charge in [-0.05, 0) is 51.3 Å². The fraction of sp³-hybridized carbons (Fsp3) is 0.538. The average Bonchev–Trinajstić information content (AvgIpc) is 2.24. The summed E-state index contributed by atoms with van der Waals surface area (Å²) < 4.78 is 25.9. The lowest BCUT2D eigenvalue weighted by molar-refractivity contribution is 0.566. The van der Waals surface area contributed by atoms with Crippen LogP contribution in [0.4, 0.5) is 5.69 Å². The summed E-state index contributed by atoms with van der Waals surface area (Å²) in [6.07, 6.45) is 1.98. The first-order chi connectivity index (χ1) is 8.26. The molecule has 0 aliphatic rings. The van der Waals surface area contributed by atoms with E-state index in [4.69, 9.17) is 0 Å². The number of aryl methyl sites for hydroxylation is 1. The lowest BCUT2D eigenvalue weighted by atomic mass is 10.1. The van der Waals surface area contributed by atoms with Crippen LogP contribution < -0.4 is 4.72 Å². The number of benzene rings is 1. The molecule has 1 N–H and O–H groups in total. The molecule has 1 aromatic carbocycles. The molecule has 1 rings (SSSR count). The molecule has 0 unspecified atom stereocenters. The third-order valence-corrected chi connectivity index (χ3v) is 5.26. The Labute approximate surface area is 118 Å². The molecule has 102 valence electrons. The first-order valence-electron chi connectivity index (χ1n) is 5.93. The van der Waals surface area contributed by atoms with E-state index in [9.17, 15) is 8.42 Å². The monoisotopic (exact) mass is 333 g/mol. The molecule has 3 nitrogen and oxygen atoms in total. The maximum Gasteiger partial charge on any atom is 0.237 e. The van der Waals surface area contributed by atoms with Gasteiger partial charge in [-0.3, -0.25) is 4.72 Å². The predicted molar refractivity (Wildman–Crippen MR) is 80.9 cm³/mol. The van der Waals surface area contributed by atoms with Crippen LogP contribution in [0.1, 0.15) is 32.8 Å². The lowest BCUT2D eigenvalue weighted by Crippen LogP contribution is -2.33. The molecule has 0 fully saturated rings. The first kappa shape index (κ1) is 15.5. The van der Waals surface area contributed by atoms with Crippen molar-refractivity contribution in [3.63, 3.8) is 0 Å². The molecule has 0 heterocycles. The number of halogens is 1. The van der Waals surface area contributed by atoms with Crippen molar-refractivity contribution in [3.8, 4) is 0 Å². The van der Waals surface area contributed by atoms with Gasteiger partial charge >= 0.3 is 0 Å². The van der Waals surface area contributed by atoms with Crippen molar-refractivity contribution in [2.24, 2.45) is 0 Å². The highest BCUT2D eigenvalue weighted by Gasteiger charge is 2.28. The van der Waals surface area contributed by atoms with Gasteiger partial charge in [-0.1, -0.05) is 28.1 Å². The van der Waals surface area contributed by atoms with E-state index >= 15 is 0 Å². The molecule has 0 radical (unpaired) electrons.